The molecule has 0 radical (unpaired) electrons. The third-order valence-electron chi connectivity index (χ3n) is 5.12. The molecule has 0 saturated heterocycles. The summed E-state index contributed by atoms with van der Waals surface area (Å²) in [5, 5.41) is 1.79. The Morgan fingerprint density at radius 3 is 2.20 bits per heavy atom. The largest absolute Gasteiger partial charge is 0.417 e. The molecule has 1 N–H and O–H groups in total. The quantitative estimate of drug-likeness (QED) is 0.493. The average Bonchev–Trinajstić information content (AvgIpc) is 2.77. The van der Waals surface area contributed by atoms with Gasteiger partial charge in [-0.05, 0) is 42.3 Å². The molecule has 0 spiro atoms. The third-order valence-corrected chi connectivity index (χ3v) is 6.59. The summed E-state index contributed by atoms with van der Waals surface area (Å²) in [7, 11) is -2.87. The second-order valence-electron chi connectivity index (χ2n) is 7.62. The molecule has 0 aliphatic carbocycles. The number of carbonyl (C=O) groups excluding carboxylic acids is 2. The Hall–Kier alpha value is -2.86. The molecule has 0 heterocycles. The van der Waals surface area contributed by atoms with Crippen LogP contribution in [0.4, 0.5) is 23.2 Å². The Morgan fingerprint density at radius 2 is 1.71 bits per heavy atom. The number of rotatable bonds is 9. The number of alkyl halides is 3. The van der Waals surface area contributed by atoms with Gasteiger partial charge in [-0.1, -0.05) is 30.7 Å². The van der Waals surface area contributed by atoms with Crippen molar-refractivity contribution in [2.45, 2.75) is 32.1 Å². The zero-order valence-electron chi connectivity index (χ0n) is 19.1. The number of anilines is 1. The lowest BCUT2D eigenvalue weighted by molar-refractivity contribution is -0.140. The molecule has 192 valence electrons. The number of sulfonamides is 1. The van der Waals surface area contributed by atoms with E-state index in [9.17, 15) is 35.6 Å². The summed E-state index contributed by atoms with van der Waals surface area (Å²) in [6.07, 6.45) is -3.96. The van der Waals surface area contributed by atoms with Gasteiger partial charge in [0.15, 0.2) is 0 Å². The van der Waals surface area contributed by atoms with Gasteiger partial charge in [0.1, 0.15) is 18.4 Å². The summed E-state index contributed by atoms with van der Waals surface area (Å²) < 4.78 is 78.8. The molecule has 0 fully saturated rings. The minimum atomic E-state index is -4.86. The minimum absolute atomic E-state index is 0.157. The van der Waals surface area contributed by atoms with Crippen LogP contribution in [0.1, 0.15) is 24.5 Å². The number of halogens is 5. The molecule has 2 amide bonds. The van der Waals surface area contributed by atoms with Crippen molar-refractivity contribution in [3.05, 3.63) is 64.4 Å². The van der Waals surface area contributed by atoms with E-state index in [1.807, 2.05) is 0 Å². The van der Waals surface area contributed by atoms with Crippen LogP contribution >= 0.6 is 11.6 Å². The Balaban J connectivity index is 2.50. The summed E-state index contributed by atoms with van der Waals surface area (Å²) in [4.78, 5) is 26.9. The molecule has 13 heteroatoms. The van der Waals surface area contributed by atoms with E-state index >= 15 is 0 Å². The maximum Gasteiger partial charge on any atom is 0.417 e. The topological polar surface area (TPSA) is 86.8 Å². The summed E-state index contributed by atoms with van der Waals surface area (Å²) >= 11 is 5.63. The van der Waals surface area contributed by atoms with Gasteiger partial charge in [0.2, 0.25) is 21.8 Å². The predicted molar refractivity (Wildman–Crippen MR) is 124 cm³/mol. The van der Waals surface area contributed by atoms with Crippen LogP contribution in [0, 0.1) is 5.82 Å². The lowest BCUT2D eigenvalue weighted by atomic mass is 10.1. The van der Waals surface area contributed by atoms with Crippen LogP contribution in [0.15, 0.2) is 42.5 Å². The number of nitrogens with zero attached hydrogens (tertiary/aromatic N) is 2. The number of carbonyl (C=O) groups is 2. The SMILES string of the molecule is CC[C@@H](C(=O)NC)N(Cc1ccc(F)cc1)C(=O)CN(c1ccc(Cl)c(C(F)(F)F)c1)S(C)(=O)=O. The third kappa shape index (κ3) is 7.31. The van der Waals surface area contributed by atoms with E-state index in [-0.39, 0.29) is 13.0 Å². The molecule has 2 aromatic rings. The fourth-order valence-electron chi connectivity index (χ4n) is 3.37. The zero-order chi connectivity index (χ0) is 26.6. The van der Waals surface area contributed by atoms with Crippen molar-refractivity contribution in [1.82, 2.24) is 10.2 Å². The first-order valence-corrected chi connectivity index (χ1v) is 12.5. The molecule has 7 nitrogen and oxygen atoms in total. The average molecular weight is 538 g/mol. The van der Waals surface area contributed by atoms with Gasteiger partial charge in [0.05, 0.1) is 22.5 Å². The second kappa shape index (κ2) is 11.3. The first kappa shape index (κ1) is 28.4. The number of likely N-dealkylation sites (N-methyl/N-ethyl adjacent to an activating group) is 1. The first-order valence-electron chi connectivity index (χ1n) is 10.3. The van der Waals surface area contributed by atoms with E-state index in [1.54, 1.807) is 6.92 Å². The number of benzene rings is 2. The summed E-state index contributed by atoms with van der Waals surface area (Å²) in [6.45, 7) is 0.581. The van der Waals surface area contributed by atoms with Gasteiger partial charge in [-0.2, -0.15) is 13.2 Å². The molecule has 0 aromatic heterocycles. The molecule has 35 heavy (non-hydrogen) atoms. The van der Waals surface area contributed by atoms with Crippen LogP contribution in [-0.2, 0) is 32.3 Å². The summed E-state index contributed by atoms with van der Waals surface area (Å²) in [5.41, 5.74) is -1.23. The van der Waals surface area contributed by atoms with Crippen LogP contribution in [-0.4, -0.2) is 51.0 Å². The predicted octanol–water partition coefficient (Wildman–Crippen LogP) is 3.82. The Labute approximate surface area is 205 Å². The van der Waals surface area contributed by atoms with Crippen LogP contribution < -0.4 is 9.62 Å². The van der Waals surface area contributed by atoms with Gasteiger partial charge < -0.3 is 10.2 Å². The molecule has 0 unspecified atom stereocenters. The number of nitrogens with one attached hydrogen (secondary N) is 1. The fraction of sp³-hybridized carbons (Fsp3) is 0.364. The van der Waals surface area contributed by atoms with Crippen LogP contribution in [0.25, 0.3) is 0 Å². The van der Waals surface area contributed by atoms with Gasteiger partial charge >= 0.3 is 6.18 Å². The van der Waals surface area contributed by atoms with E-state index in [0.29, 0.717) is 15.9 Å². The Bertz CT molecular complexity index is 1170. The molecule has 0 bridgehead atoms. The molecular weight excluding hydrogens is 514 g/mol. The smallest absolute Gasteiger partial charge is 0.357 e. The van der Waals surface area contributed by atoms with Gasteiger partial charge in [-0.15, -0.1) is 0 Å². The zero-order valence-corrected chi connectivity index (χ0v) is 20.6. The van der Waals surface area contributed by atoms with E-state index in [1.165, 1.54) is 19.2 Å². The molecule has 0 aliphatic rings. The van der Waals surface area contributed by atoms with E-state index in [0.717, 1.165) is 35.4 Å². The summed E-state index contributed by atoms with van der Waals surface area (Å²) in [5.74, 6) is -1.89. The Kier molecular flexibility index (Phi) is 9.12. The van der Waals surface area contributed by atoms with Crippen molar-refractivity contribution >= 4 is 39.1 Å². The molecule has 2 aromatic carbocycles. The summed E-state index contributed by atoms with van der Waals surface area (Å²) in [6, 6.07) is 6.57. The van der Waals surface area contributed by atoms with Gasteiger partial charge in [0.25, 0.3) is 0 Å². The lowest BCUT2D eigenvalue weighted by Gasteiger charge is -2.32. The maximum absolute atomic E-state index is 13.3. The molecular formula is C22H24ClF4N3O4S. The van der Waals surface area contributed by atoms with Crippen molar-refractivity contribution in [2.24, 2.45) is 0 Å². The highest BCUT2D eigenvalue weighted by Crippen LogP contribution is 2.37. The fourth-order valence-corrected chi connectivity index (χ4v) is 4.44. The van der Waals surface area contributed by atoms with Crippen LogP contribution in [0.2, 0.25) is 5.02 Å². The van der Waals surface area contributed by atoms with Crippen LogP contribution in [0.5, 0.6) is 0 Å². The van der Waals surface area contributed by atoms with Crippen molar-refractivity contribution in [2.75, 3.05) is 24.2 Å². The highest BCUT2D eigenvalue weighted by Gasteiger charge is 2.36. The highest BCUT2D eigenvalue weighted by molar-refractivity contribution is 7.92. The van der Waals surface area contributed by atoms with E-state index in [4.69, 9.17) is 11.6 Å². The number of hydrogen-bond donors (Lipinski definition) is 1. The van der Waals surface area contributed by atoms with Gasteiger partial charge in [0, 0.05) is 13.6 Å². The number of amides is 2. The van der Waals surface area contributed by atoms with Crippen molar-refractivity contribution < 1.29 is 35.6 Å². The normalized spacial score (nSPS) is 12.7. The standard InChI is InChI=1S/C22H24ClF4N3O4S/c1-4-19(21(32)28-2)29(12-14-5-7-15(24)8-6-14)20(31)13-30(35(3,33)34)16-9-10-18(23)17(11-16)22(25,26)27/h5-11,19H,4,12-13H2,1-3H3,(H,28,32)/t19-/m0/s1. The first-order chi connectivity index (χ1) is 16.2. The number of hydrogen-bond acceptors (Lipinski definition) is 4. The van der Waals surface area contributed by atoms with Crippen LogP contribution in [0.3, 0.4) is 0 Å². The Morgan fingerprint density at radius 1 is 1.11 bits per heavy atom. The molecule has 2 rings (SSSR count). The maximum atomic E-state index is 13.3. The molecule has 1 atom stereocenters. The van der Waals surface area contributed by atoms with Crippen molar-refractivity contribution in [3.63, 3.8) is 0 Å². The molecule has 0 saturated carbocycles. The van der Waals surface area contributed by atoms with Gasteiger partial charge in [-0.25, -0.2) is 12.8 Å². The van der Waals surface area contributed by atoms with E-state index < -0.39 is 62.7 Å². The highest BCUT2D eigenvalue weighted by atomic mass is 35.5. The monoisotopic (exact) mass is 537 g/mol. The van der Waals surface area contributed by atoms with Gasteiger partial charge in [-0.3, -0.25) is 13.9 Å². The lowest BCUT2D eigenvalue weighted by Crippen LogP contribution is -2.51. The van der Waals surface area contributed by atoms with E-state index in [2.05, 4.69) is 5.32 Å². The second-order valence-corrected chi connectivity index (χ2v) is 9.93. The molecule has 0 aliphatic heterocycles. The van der Waals surface area contributed by atoms with Crippen molar-refractivity contribution in [1.29, 1.82) is 0 Å². The minimum Gasteiger partial charge on any atom is -0.357 e. The van der Waals surface area contributed by atoms with Crippen molar-refractivity contribution in [3.8, 4) is 0 Å².